The summed E-state index contributed by atoms with van der Waals surface area (Å²) in [5, 5.41) is 1.84. The number of rotatable bonds is 5. The Morgan fingerprint density at radius 2 is 2.00 bits per heavy atom. The molecule has 1 heterocycles. The predicted octanol–water partition coefficient (Wildman–Crippen LogP) is 3.39. The third-order valence-electron chi connectivity index (χ3n) is 3.24. The van der Waals surface area contributed by atoms with Gasteiger partial charge in [-0.05, 0) is 31.5 Å². The summed E-state index contributed by atoms with van der Waals surface area (Å²) in [5.41, 5.74) is 7.48. The van der Waals surface area contributed by atoms with Crippen molar-refractivity contribution in [1.82, 2.24) is 4.90 Å². The number of nitrogens with two attached hydrogens (primary N) is 1. The Morgan fingerprint density at radius 1 is 1.33 bits per heavy atom. The molecular formula is C16H20N2O2S. The Hall–Kier alpha value is -2.01. The SMILES string of the molecule is COc1csc(C(=O)N(Cc2ccc(N)cc2)C(C)C)c1. The first kappa shape index (κ1) is 15.4. The summed E-state index contributed by atoms with van der Waals surface area (Å²) >= 11 is 1.40. The van der Waals surface area contributed by atoms with Crippen molar-refractivity contribution in [2.24, 2.45) is 0 Å². The molecule has 0 bridgehead atoms. The molecule has 0 saturated carbocycles. The van der Waals surface area contributed by atoms with Crippen LogP contribution in [0.15, 0.2) is 35.7 Å². The molecule has 0 spiro atoms. The van der Waals surface area contributed by atoms with Crippen LogP contribution in [-0.2, 0) is 6.54 Å². The molecule has 1 amide bonds. The van der Waals surface area contributed by atoms with Gasteiger partial charge in [0.15, 0.2) is 0 Å². The molecule has 0 fully saturated rings. The Labute approximate surface area is 129 Å². The lowest BCUT2D eigenvalue weighted by atomic mass is 10.1. The number of carbonyl (C=O) groups excluding carboxylic acids is 1. The molecule has 2 N–H and O–H groups in total. The summed E-state index contributed by atoms with van der Waals surface area (Å²) in [4.78, 5) is 15.2. The van der Waals surface area contributed by atoms with E-state index in [0.717, 1.165) is 17.0 Å². The highest BCUT2D eigenvalue weighted by Crippen LogP contribution is 2.24. The van der Waals surface area contributed by atoms with Crippen LogP contribution in [0.3, 0.4) is 0 Å². The molecule has 0 aliphatic carbocycles. The summed E-state index contributed by atoms with van der Waals surface area (Å²) in [6, 6.07) is 9.51. The monoisotopic (exact) mass is 304 g/mol. The topological polar surface area (TPSA) is 55.6 Å². The van der Waals surface area contributed by atoms with Crippen molar-refractivity contribution in [3.8, 4) is 5.75 Å². The minimum atomic E-state index is 0.0233. The summed E-state index contributed by atoms with van der Waals surface area (Å²) < 4.78 is 5.14. The number of hydrogen-bond donors (Lipinski definition) is 1. The van der Waals surface area contributed by atoms with Gasteiger partial charge in [-0.2, -0.15) is 0 Å². The Morgan fingerprint density at radius 3 is 2.52 bits per heavy atom. The first-order valence-corrected chi connectivity index (χ1v) is 7.67. The smallest absolute Gasteiger partial charge is 0.264 e. The Bertz CT molecular complexity index is 605. The minimum Gasteiger partial charge on any atom is -0.496 e. The summed E-state index contributed by atoms with van der Waals surface area (Å²) in [7, 11) is 1.60. The van der Waals surface area contributed by atoms with Crippen LogP contribution in [0, 0.1) is 0 Å². The van der Waals surface area contributed by atoms with Crippen LogP contribution in [0.2, 0.25) is 0 Å². The van der Waals surface area contributed by atoms with E-state index in [9.17, 15) is 4.79 Å². The fourth-order valence-electron chi connectivity index (χ4n) is 1.99. The molecule has 4 nitrogen and oxygen atoms in total. The van der Waals surface area contributed by atoms with Crippen LogP contribution in [0.5, 0.6) is 5.75 Å². The fraction of sp³-hybridized carbons (Fsp3) is 0.312. The number of nitrogen functional groups attached to an aromatic ring is 1. The average Bonchev–Trinajstić information content (AvgIpc) is 2.94. The number of methoxy groups -OCH3 is 1. The van der Waals surface area contributed by atoms with E-state index < -0.39 is 0 Å². The van der Waals surface area contributed by atoms with Gasteiger partial charge in [-0.25, -0.2) is 0 Å². The lowest BCUT2D eigenvalue weighted by Crippen LogP contribution is -2.35. The van der Waals surface area contributed by atoms with E-state index in [0.29, 0.717) is 11.4 Å². The number of nitrogens with zero attached hydrogens (tertiary/aromatic N) is 1. The molecule has 0 radical (unpaired) electrons. The van der Waals surface area contributed by atoms with Crippen LogP contribution in [0.4, 0.5) is 5.69 Å². The molecule has 112 valence electrons. The van der Waals surface area contributed by atoms with Gasteiger partial charge in [-0.1, -0.05) is 12.1 Å². The molecule has 1 aromatic carbocycles. The van der Waals surface area contributed by atoms with Gasteiger partial charge in [0.05, 0.1) is 12.0 Å². The molecule has 5 heteroatoms. The zero-order chi connectivity index (χ0) is 15.4. The second-order valence-electron chi connectivity index (χ2n) is 5.12. The van der Waals surface area contributed by atoms with E-state index in [-0.39, 0.29) is 11.9 Å². The van der Waals surface area contributed by atoms with Crippen molar-refractivity contribution >= 4 is 22.9 Å². The lowest BCUT2D eigenvalue weighted by Gasteiger charge is -2.26. The molecule has 0 aliphatic rings. The minimum absolute atomic E-state index is 0.0233. The molecule has 2 aromatic rings. The van der Waals surface area contributed by atoms with Crippen LogP contribution >= 0.6 is 11.3 Å². The van der Waals surface area contributed by atoms with Gasteiger partial charge in [-0.3, -0.25) is 4.79 Å². The van der Waals surface area contributed by atoms with E-state index in [1.807, 2.05) is 48.4 Å². The van der Waals surface area contributed by atoms with Crippen LogP contribution in [-0.4, -0.2) is 24.0 Å². The zero-order valence-electron chi connectivity index (χ0n) is 12.5. The maximum absolute atomic E-state index is 12.6. The maximum atomic E-state index is 12.6. The second kappa shape index (κ2) is 6.63. The van der Waals surface area contributed by atoms with Gasteiger partial charge in [0, 0.05) is 29.7 Å². The molecule has 0 atom stereocenters. The standard InChI is InChI=1S/C16H20N2O2S/c1-11(2)18(9-12-4-6-13(17)7-5-12)16(19)15-8-14(20-3)10-21-15/h4-8,10-11H,9,17H2,1-3H3. The third kappa shape index (κ3) is 3.76. The Kier molecular flexibility index (Phi) is 4.85. The van der Waals surface area contributed by atoms with E-state index in [2.05, 4.69) is 0 Å². The van der Waals surface area contributed by atoms with E-state index in [1.54, 1.807) is 13.2 Å². The summed E-state index contributed by atoms with van der Waals surface area (Å²) in [5.74, 6) is 0.745. The molecule has 0 aliphatic heterocycles. The molecule has 1 aromatic heterocycles. The van der Waals surface area contributed by atoms with Crippen molar-refractivity contribution in [3.63, 3.8) is 0 Å². The van der Waals surface area contributed by atoms with Crippen LogP contribution in [0.1, 0.15) is 29.1 Å². The highest BCUT2D eigenvalue weighted by atomic mass is 32.1. The average molecular weight is 304 g/mol. The molecule has 2 rings (SSSR count). The number of ether oxygens (including phenoxy) is 1. The van der Waals surface area contributed by atoms with Crippen molar-refractivity contribution in [2.75, 3.05) is 12.8 Å². The molecule has 21 heavy (non-hydrogen) atoms. The van der Waals surface area contributed by atoms with Crippen molar-refractivity contribution < 1.29 is 9.53 Å². The third-order valence-corrected chi connectivity index (χ3v) is 4.14. The van der Waals surface area contributed by atoms with Gasteiger partial charge >= 0.3 is 0 Å². The van der Waals surface area contributed by atoms with Gasteiger partial charge in [-0.15, -0.1) is 11.3 Å². The summed E-state index contributed by atoms with van der Waals surface area (Å²) in [6.07, 6.45) is 0. The van der Waals surface area contributed by atoms with Gasteiger partial charge in [0.25, 0.3) is 5.91 Å². The van der Waals surface area contributed by atoms with Crippen LogP contribution in [0.25, 0.3) is 0 Å². The highest BCUT2D eigenvalue weighted by molar-refractivity contribution is 7.12. The van der Waals surface area contributed by atoms with Crippen molar-refractivity contribution in [2.45, 2.75) is 26.4 Å². The first-order chi connectivity index (χ1) is 10.0. The number of amides is 1. The van der Waals surface area contributed by atoms with Crippen LogP contribution < -0.4 is 10.5 Å². The summed E-state index contributed by atoms with van der Waals surface area (Å²) in [6.45, 7) is 4.59. The van der Waals surface area contributed by atoms with Gasteiger partial charge in [0.2, 0.25) is 0 Å². The lowest BCUT2D eigenvalue weighted by molar-refractivity contribution is 0.0695. The zero-order valence-corrected chi connectivity index (χ0v) is 13.3. The molecular weight excluding hydrogens is 284 g/mol. The predicted molar refractivity (Wildman–Crippen MR) is 86.7 cm³/mol. The quantitative estimate of drug-likeness (QED) is 0.861. The van der Waals surface area contributed by atoms with Crippen molar-refractivity contribution in [3.05, 3.63) is 46.2 Å². The number of benzene rings is 1. The largest absolute Gasteiger partial charge is 0.496 e. The van der Waals surface area contributed by atoms with E-state index in [1.165, 1.54) is 11.3 Å². The van der Waals surface area contributed by atoms with Gasteiger partial charge < -0.3 is 15.4 Å². The molecule has 0 unspecified atom stereocenters. The second-order valence-corrected chi connectivity index (χ2v) is 6.03. The number of anilines is 1. The number of thiophene rings is 1. The number of hydrogen-bond acceptors (Lipinski definition) is 4. The normalized spacial score (nSPS) is 10.7. The molecule has 0 saturated heterocycles. The maximum Gasteiger partial charge on any atom is 0.264 e. The first-order valence-electron chi connectivity index (χ1n) is 6.79. The van der Waals surface area contributed by atoms with E-state index in [4.69, 9.17) is 10.5 Å². The van der Waals surface area contributed by atoms with E-state index >= 15 is 0 Å². The fourth-order valence-corrected chi connectivity index (χ4v) is 2.80. The number of carbonyl (C=O) groups is 1. The van der Waals surface area contributed by atoms with Gasteiger partial charge in [0.1, 0.15) is 5.75 Å². The Balaban J connectivity index is 2.18. The highest BCUT2D eigenvalue weighted by Gasteiger charge is 2.20. The van der Waals surface area contributed by atoms with Crippen molar-refractivity contribution in [1.29, 1.82) is 0 Å².